The molecular formula is C21H25NO4. The molecule has 1 aliphatic rings. The first kappa shape index (κ1) is 18.1. The molecule has 138 valence electrons. The summed E-state index contributed by atoms with van der Waals surface area (Å²) in [6.07, 6.45) is 0. The van der Waals surface area contributed by atoms with Gasteiger partial charge in [0, 0.05) is 13.6 Å². The van der Waals surface area contributed by atoms with Gasteiger partial charge in [-0.25, -0.2) is 0 Å². The van der Waals surface area contributed by atoms with Crippen molar-refractivity contribution in [3.8, 4) is 17.2 Å². The Hall–Kier alpha value is -2.69. The van der Waals surface area contributed by atoms with Crippen molar-refractivity contribution in [1.82, 2.24) is 4.90 Å². The number of nitrogens with zero attached hydrogens (tertiary/aromatic N) is 1. The van der Waals surface area contributed by atoms with Crippen molar-refractivity contribution in [3.63, 3.8) is 0 Å². The smallest absolute Gasteiger partial charge is 0.260 e. The van der Waals surface area contributed by atoms with Crippen LogP contribution in [0.25, 0.3) is 0 Å². The third-order valence-corrected chi connectivity index (χ3v) is 4.34. The maximum Gasteiger partial charge on any atom is 0.260 e. The van der Waals surface area contributed by atoms with Crippen molar-refractivity contribution >= 4 is 5.91 Å². The van der Waals surface area contributed by atoms with E-state index in [2.05, 4.69) is 19.9 Å². The fourth-order valence-electron chi connectivity index (χ4n) is 2.77. The van der Waals surface area contributed by atoms with E-state index in [1.807, 2.05) is 36.4 Å². The fourth-order valence-corrected chi connectivity index (χ4v) is 2.77. The second-order valence-corrected chi connectivity index (χ2v) is 6.74. The van der Waals surface area contributed by atoms with Crippen molar-refractivity contribution < 1.29 is 19.0 Å². The molecule has 3 rings (SSSR count). The molecule has 5 heteroatoms. The van der Waals surface area contributed by atoms with Crippen LogP contribution in [-0.4, -0.2) is 37.7 Å². The third-order valence-electron chi connectivity index (χ3n) is 4.34. The number of carbonyl (C=O) groups is 1. The Kier molecular flexibility index (Phi) is 5.66. The monoisotopic (exact) mass is 355 g/mol. The minimum absolute atomic E-state index is 0.0165. The zero-order valence-corrected chi connectivity index (χ0v) is 15.5. The van der Waals surface area contributed by atoms with Gasteiger partial charge in [-0.15, -0.1) is 0 Å². The first-order valence-electron chi connectivity index (χ1n) is 8.88. The molecule has 0 N–H and O–H groups in total. The lowest BCUT2D eigenvalue weighted by molar-refractivity contribution is -0.132. The SMILES string of the molecule is CC(C)c1cccc(OCC(=O)N(C)Cc2ccc3c(c2)OCCO3)c1. The molecule has 0 aliphatic carbocycles. The summed E-state index contributed by atoms with van der Waals surface area (Å²) in [6, 6.07) is 13.6. The van der Waals surface area contributed by atoms with E-state index >= 15 is 0 Å². The summed E-state index contributed by atoms with van der Waals surface area (Å²) in [4.78, 5) is 14.0. The predicted octanol–water partition coefficient (Wildman–Crippen LogP) is 3.62. The number of hydrogen-bond donors (Lipinski definition) is 0. The van der Waals surface area contributed by atoms with E-state index in [4.69, 9.17) is 14.2 Å². The van der Waals surface area contributed by atoms with Gasteiger partial charge in [-0.2, -0.15) is 0 Å². The van der Waals surface area contributed by atoms with Gasteiger partial charge in [-0.05, 0) is 41.3 Å². The second kappa shape index (κ2) is 8.13. The largest absolute Gasteiger partial charge is 0.486 e. The third kappa shape index (κ3) is 4.48. The Balaban J connectivity index is 1.55. The summed E-state index contributed by atoms with van der Waals surface area (Å²) in [5.41, 5.74) is 2.19. The van der Waals surface area contributed by atoms with Gasteiger partial charge in [-0.3, -0.25) is 4.79 Å². The molecule has 0 saturated carbocycles. The quantitative estimate of drug-likeness (QED) is 0.794. The minimum atomic E-state index is -0.0742. The molecule has 0 atom stereocenters. The molecular weight excluding hydrogens is 330 g/mol. The highest BCUT2D eigenvalue weighted by molar-refractivity contribution is 5.77. The normalized spacial score (nSPS) is 12.8. The maximum absolute atomic E-state index is 12.4. The first-order chi connectivity index (χ1) is 12.5. The van der Waals surface area contributed by atoms with E-state index in [1.165, 1.54) is 5.56 Å². The molecule has 0 fully saturated rings. The van der Waals surface area contributed by atoms with E-state index in [0.29, 0.717) is 25.7 Å². The summed E-state index contributed by atoms with van der Waals surface area (Å²) < 4.78 is 16.8. The van der Waals surface area contributed by atoms with Crippen molar-refractivity contribution in [1.29, 1.82) is 0 Å². The highest BCUT2D eigenvalue weighted by Gasteiger charge is 2.15. The molecule has 0 saturated heterocycles. The molecule has 0 radical (unpaired) electrons. The van der Waals surface area contributed by atoms with Crippen molar-refractivity contribution in [3.05, 3.63) is 53.6 Å². The lowest BCUT2D eigenvalue weighted by Gasteiger charge is -2.21. The van der Waals surface area contributed by atoms with Gasteiger partial charge >= 0.3 is 0 Å². The van der Waals surface area contributed by atoms with E-state index in [1.54, 1.807) is 11.9 Å². The number of rotatable bonds is 6. The molecule has 0 spiro atoms. The Morgan fingerprint density at radius 1 is 1.12 bits per heavy atom. The number of carbonyl (C=O) groups excluding carboxylic acids is 1. The van der Waals surface area contributed by atoms with Gasteiger partial charge < -0.3 is 19.1 Å². The van der Waals surface area contributed by atoms with E-state index < -0.39 is 0 Å². The van der Waals surface area contributed by atoms with Crippen LogP contribution >= 0.6 is 0 Å². The first-order valence-corrected chi connectivity index (χ1v) is 8.88. The predicted molar refractivity (Wildman–Crippen MR) is 99.9 cm³/mol. The van der Waals surface area contributed by atoms with E-state index in [-0.39, 0.29) is 12.5 Å². The van der Waals surface area contributed by atoms with Gasteiger partial charge in [0.15, 0.2) is 18.1 Å². The number of hydrogen-bond acceptors (Lipinski definition) is 4. The van der Waals surface area contributed by atoms with Crippen LogP contribution in [0.1, 0.15) is 30.9 Å². The Morgan fingerprint density at radius 3 is 2.65 bits per heavy atom. The van der Waals surface area contributed by atoms with Crippen molar-refractivity contribution in [2.24, 2.45) is 0 Å². The molecule has 1 aliphatic heterocycles. The van der Waals surface area contributed by atoms with Crippen LogP contribution in [0.4, 0.5) is 0 Å². The highest BCUT2D eigenvalue weighted by Crippen LogP contribution is 2.31. The summed E-state index contributed by atoms with van der Waals surface area (Å²) >= 11 is 0. The standard InChI is InChI=1S/C21H25NO4/c1-15(2)17-5-4-6-18(12-17)26-14-21(23)22(3)13-16-7-8-19-20(11-16)25-10-9-24-19/h4-8,11-12,15H,9-10,13-14H2,1-3H3. The molecule has 1 amide bonds. The Labute approximate surface area is 154 Å². The molecule has 26 heavy (non-hydrogen) atoms. The molecule has 0 bridgehead atoms. The van der Waals surface area contributed by atoms with Crippen molar-refractivity contribution in [2.45, 2.75) is 26.3 Å². The fraction of sp³-hybridized carbons (Fsp3) is 0.381. The summed E-state index contributed by atoms with van der Waals surface area (Å²) in [5.74, 6) is 2.55. The van der Waals surface area contributed by atoms with Crippen LogP contribution in [0.3, 0.4) is 0 Å². The number of fused-ring (bicyclic) bond motifs is 1. The summed E-state index contributed by atoms with van der Waals surface area (Å²) in [7, 11) is 1.77. The molecule has 0 aromatic heterocycles. The second-order valence-electron chi connectivity index (χ2n) is 6.74. The molecule has 2 aromatic carbocycles. The zero-order valence-electron chi connectivity index (χ0n) is 15.5. The topological polar surface area (TPSA) is 48.0 Å². The number of benzene rings is 2. The van der Waals surface area contributed by atoms with Crippen LogP contribution < -0.4 is 14.2 Å². The van der Waals surface area contributed by atoms with Gasteiger partial charge in [0.2, 0.25) is 0 Å². The molecule has 2 aromatic rings. The summed E-state index contributed by atoms with van der Waals surface area (Å²) in [5, 5.41) is 0. The number of likely N-dealkylation sites (N-methyl/N-ethyl adjacent to an activating group) is 1. The van der Waals surface area contributed by atoms with Crippen LogP contribution in [0.2, 0.25) is 0 Å². The average Bonchev–Trinajstić information content (AvgIpc) is 2.66. The highest BCUT2D eigenvalue weighted by atomic mass is 16.6. The lowest BCUT2D eigenvalue weighted by atomic mass is 10.0. The lowest BCUT2D eigenvalue weighted by Crippen LogP contribution is -2.31. The van der Waals surface area contributed by atoms with E-state index in [9.17, 15) is 4.79 Å². The molecule has 1 heterocycles. The minimum Gasteiger partial charge on any atom is -0.486 e. The number of amides is 1. The van der Waals surface area contributed by atoms with Crippen molar-refractivity contribution in [2.75, 3.05) is 26.9 Å². The van der Waals surface area contributed by atoms with Gasteiger partial charge in [0.05, 0.1) is 0 Å². The zero-order chi connectivity index (χ0) is 18.5. The van der Waals surface area contributed by atoms with Crippen LogP contribution in [0.5, 0.6) is 17.2 Å². The van der Waals surface area contributed by atoms with E-state index in [0.717, 1.165) is 22.8 Å². The van der Waals surface area contributed by atoms with Crippen LogP contribution in [-0.2, 0) is 11.3 Å². The van der Waals surface area contributed by atoms with Gasteiger partial charge in [0.25, 0.3) is 5.91 Å². The van der Waals surface area contributed by atoms with Gasteiger partial charge in [-0.1, -0.05) is 32.0 Å². The average molecular weight is 355 g/mol. The maximum atomic E-state index is 12.4. The summed E-state index contributed by atoms with van der Waals surface area (Å²) in [6.45, 7) is 5.89. The Bertz CT molecular complexity index is 772. The van der Waals surface area contributed by atoms with Gasteiger partial charge in [0.1, 0.15) is 19.0 Å². The molecule has 0 unspecified atom stereocenters. The number of ether oxygens (including phenoxy) is 3. The van der Waals surface area contributed by atoms with Crippen LogP contribution in [0.15, 0.2) is 42.5 Å². The Morgan fingerprint density at radius 2 is 1.88 bits per heavy atom. The van der Waals surface area contributed by atoms with Crippen LogP contribution in [0, 0.1) is 0 Å². The molecule has 5 nitrogen and oxygen atoms in total.